The third-order valence-corrected chi connectivity index (χ3v) is 3.22. The lowest BCUT2D eigenvalue weighted by Gasteiger charge is -2.01. The fourth-order valence-corrected chi connectivity index (χ4v) is 2.10. The number of carbonyl (C=O) groups is 1. The number of hydrogen-bond acceptors (Lipinski definition) is 1. The Kier molecular flexibility index (Phi) is 11.8. The monoisotopic (exact) mass is 354 g/mol. The highest BCUT2D eigenvalue weighted by molar-refractivity contribution is 9.24. The summed E-state index contributed by atoms with van der Waals surface area (Å²) >= 11 is 6.92. The summed E-state index contributed by atoms with van der Waals surface area (Å²) in [5, 5.41) is 8.36. The Morgan fingerprint density at radius 3 is 2.19 bits per heavy atom. The summed E-state index contributed by atoms with van der Waals surface area (Å²) in [6, 6.07) is 0. The number of allylic oxidation sites excluding steroid dienone is 1. The van der Waals surface area contributed by atoms with Gasteiger partial charge in [0, 0.05) is 6.08 Å². The van der Waals surface area contributed by atoms with Crippen LogP contribution in [0.1, 0.15) is 51.4 Å². The van der Waals surface area contributed by atoms with Crippen LogP contribution in [0.3, 0.4) is 0 Å². The van der Waals surface area contributed by atoms with E-state index in [-0.39, 0.29) is 0 Å². The van der Waals surface area contributed by atoms with E-state index in [1.807, 2.05) is 0 Å². The topological polar surface area (TPSA) is 37.3 Å². The molecule has 0 aliphatic carbocycles. The van der Waals surface area contributed by atoms with Gasteiger partial charge in [0.05, 0.1) is 3.74 Å². The second kappa shape index (κ2) is 11.6. The second-order valence-electron chi connectivity index (χ2n) is 3.83. The third kappa shape index (κ3) is 14.2. The first-order valence-corrected chi connectivity index (χ1v) is 7.63. The van der Waals surface area contributed by atoms with Crippen molar-refractivity contribution < 1.29 is 9.90 Å². The lowest BCUT2D eigenvalue weighted by molar-refractivity contribution is -0.131. The van der Waals surface area contributed by atoms with Crippen LogP contribution in [0.2, 0.25) is 0 Å². The van der Waals surface area contributed by atoms with Crippen LogP contribution < -0.4 is 0 Å². The Morgan fingerprint density at radius 2 is 1.62 bits per heavy atom. The molecule has 1 N–H and O–H groups in total. The number of alkyl halides is 2. The van der Waals surface area contributed by atoms with Crippen molar-refractivity contribution in [2.45, 2.75) is 55.1 Å². The van der Waals surface area contributed by atoms with Crippen molar-refractivity contribution >= 4 is 37.8 Å². The van der Waals surface area contributed by atoms with Crippen LogP contribution in [0.25, 0.3) is 0 Å². The molecule has 0 fully saturated rings. The first-order valence-electron chi connectivity index (χ1n) is 5.80. The van der Waals surface area contributed by atoms with Crippen LogP contribution in [0, 0.1) is 0 Å². The van der Waals surface area contributed by atoms with Gasteiger partial charge in [-0.2, -0.15) is 0 Å². The van der Waals surface area contributed by atoms with Crippen LogP contribution in [0.4, 0.5) is 0 Å². The average Bonchev–Trinajstić information content (AvgIpc) is 2.20. The summed E-state index contributed by atoms with van der Waals surface area (Å²) in [7, 11) is 0. The molecule has 0 atom stereocenters. The van der Waals surface area contributed by atoms with Crippen LogP contribution in [0.15, 0.2) is 12.2 Å². The Balaban J connectivity index is 3.07. The van der Waals surface area contributed by atoms with Gasteiger partial charge in [0.25, 0.3) is 0 Å². The molecule has 0 saturated heterocycles. The van der Waals surface area contributed by atoms with Crippen LogP contribution >= 0.6 is 31.9 Å². The van der Waals surface area contributed by atoms with Gasteiger partial charge in [-0.25, -0.2) is 4.79 Å². The highest BCUT2D eigenvalue weighted by atomic mass is 79.9. The molecule has 0 aromatic carbocycles. The summed E-state index contributed by atoms with van der Waals surface area (Å²) < 4.78 is 0.459. The smallest absolute Gasteiger partial charge is 0.327 e. The molecule has 0 aromatic heterocycles. The number of rotatable bonds is 10. The number of carboxylic acid groups (broad SMARTS) is 1. The number of hydrogen-bond donors (Lipinski definition) is 1. The molecule has 0 saturated carbocycles. The van der Waals surface area contributed by atoms with Crippen molar-refractivity contribution in [2.24, 2.45) is 0 Å². The van der Waals surface area contributed by atoms with E-state index in [1.54, 1.807) is 6.08 Å². The van der Waals surface area contributed by atoms with Gasteiger partial charge in [-0.05, 0) is 19.3 Å². The summed E-state index contributed by atoms with van der Waals surface area (Å²) in [6.45, 7) is 0. The SMILES string of the molecule is O=C(O)C=CCCCCCCCCC(Br)Br. The average molecular weight is 356 g/mol. The molecule has 0 spiro atoms. The minimum Gasteiger partial charge on any atom is -0.478 e. The van der Waals surface area contributed by atoms with Gasteiger partial charge in [-0.3, -0.25) is 0 Å². The van der Waals surface area contributed by atoms with Crippen molar-refractivity contribution in [3.8, 4) is 0 Å². The van der Waals surface area contributed by atoms with Crippen molar-refractivity contribution in [1.82, 2.24) is 0 Å². The molecule has 0 bridgehead atoms. The minimum absolute atomic E-state index is 0.459. The lowest BCUT2D eigenvalue weighted by atomic mass is 10.1. The van der Waals surface area contributed by atoms with Gasteiger partial charge < -0.3 is 5.11 Å². The first kappa shape index (κ1) is 16.2. The van der Waals surface area contributed by atoms with E-state index in [4.69, 9.17) is 5.11 Å². The Bertz CT molecular complexity index is 203. The Labute approximate surface area is 115 Å². The Morgan fingerprint density at radius 1 is 1.06 bits per heavy atom. The van der Waals surface area contributed by atoms with Crippen molar-refractivity contribution in [1.29, 1.82) is 0 Å². The van der Waals surface area contributed by atoms with Gasteiger partial charge in [0.1, 0.15) is 0 Å². The summed E-state index contributed by atoms with van der Waals surface area (Å²) in [5.41, 5.74) is 0. The number of unbranched alkanes of at least 4 members (excludes halogenated alkanes) is 6. The quantitative estimate of drug-likeness (QED) is 0.345. The largest absolute Gasteiger partial charge is 0.478 e. The van der Waals surface area contributed by atoms with E-state index in [0.717, 1.165) is 12.8 Å². The molecule has 0 unspecified atom stereocenters. The minimum atomic E-state index is -0.848. The maximum atomic E-state index is 10.2. The maximum Gasteiger partial charge on any atom is 0.327 e. The Hall–Kier alpha value is 0.170. The van der Waals surface area contributed by atoms with E-state index >= 15 is 0 Å². The summed E-state index contributed by atoms with van der Waals surface area (Å²) in [6.07, 6.45) is 12.4. The zero-order valence-electron chi connectivity index (χ0n) is 9.50. The molecule has 0 heterocycles. The van der Waals surface area contributed by atoms with E-state index in [9.17, 15) is 4.79 Å². The fraction of sp³-hybridized carbons (Fsp3) is 0.750. The molecule has 0 radical (unpaired) electrons. The predicted octanol–water partition coefficient (Wildman–Crippen LogP) is 4.86. The van der Waals surface area contributed by atoms with Crippen molar-refractivity contribution in [3.05, 3.63) is 12.2 Å². The number of aliphatic carboxylic acids is 1. The predicted molar refractivity (Wildman–Crippen MR) is 75.4 cm³/mol. The summed E-state index contributed by atoms with van der Waals surface area (Å²) in [4.78, 5) is 10.2. The van der Waals surface area contributed by atoms with Gasteiger partial charge in [0.2, 0.25) is 0 Å². The highest BCUT2D eigenvalue weighted by Crippen LogP contribution is 2.17. The van der Waals surface area contributed by atoms with E-state index < -0.39 is 5.97 Å². The number of halogens is 2. The van der Waals surface area contributed by atoms with E-state index in [0.29, 0.717) is 3.74 Å². The molecule has 4 heteroatoms. The van der Waals surface area contributed by atoms with Gasteiger partial charge in [0.15, 0.2) is 0 Å². The maximum absolute atomic E-state index is 10.2. The third-order valence-electron chi connectivity index (χ3n) is 2.30. The lowest BCUT2D eigenvalue weighted by Crippen LogP contribution is -1.86. The van der Waals surface area contributed by atoms with Gasteiger partial charge in [-0.15, -0.1) is 0 Å². The zero-order valence-corrected chi connectivity index (χ0v) is 12.7. The van der Waals surface area contributed by atoms with E-state index in [2.05, 4.69) is 31.9 Å². The zero-order chi connectivity index (χ0) is 12.2. The molecule has 0 amide bonds. The molecular formula is C12H20Br2O2. The van der Waals surface area contributed by atoms with E-state index in [1.165, 1.54) is 44.6 Å². The second-order valence-corrected chi connectivity index (χ2v) is 7.27. The molecule has 0 rings (SSSR count). The van der Waals surface area contributed by atoms with Crippen molar-refractivity contribution in [2.75, 3.05) is 0 Å². The fourth-order valence-electron chi connectivity index (χ4n) is 1.45. The van der Waals surface area contributed by atoms with Crippen LogP contribution in [-0.4, -0.2) is 14.8 Å². The van der Waals surface area contributed by atoms with Crippen molar-refractivity contribution in [3.63, 3.8) is 0 Å². The summed E-state index contributed by atoms with van der Waals surface area (Å²) in [5.74, 6) is -0.848. The molecule has 0 aromatic rings. The van der Waals surface area contributed by atoms with Crippen LogP contribution in [0.5, 0.6) is 0 Å². The molecular weight excluding hydrogens is 336 g/mol. The van der Waals surface area contributed by atoms with Gasteiger partial charge >= 0.3 is 5.97 Å². The number of carboxylic acids is 1. The molecule has 2 nitrogen and oxygen atoms in total. The van der Waals surface area contributed by atoms with Crippen LogP contribution in [-0.2, 0) is 4.79 Å². The molecule has 0 aliphatic heterocycles. The standard InChI is InChI=1S/C12H20Br2O2/c13-11(14)9-7-5-3-1-2-4-6-8-10-12(15)16/h8,10-11H,1-7,9H2,(H,15,16). The normalized spacial score (nSPS) is 11.4. The highest BCUT2D eigenvalue weighted by Gasteiger charge is 1.96. The molecule has 16 heavy (non-hydrogen) atoms. The first-order chi connectivity index (χ1) is 7.63. The molecule has 94 valence electrons. The molecule has 0 aliphatic rings. The van der Waals surface area contributed by atoms with Gasteiger partial charge in [-0.1, -0.05) is 70.0 Å².